The Labute approximate surface area is 141 Å². The van der Waals surface area contributed by atoms with Gasteiger partial charge in [-0.1, -0.05) is 77.6 Å². The first-order valence-corrected chi connectivity index (χ1v) is 9.55. The molecule has 132 valence electrons. The van der Waals surface area contributed by atoms with E-state index in [1.54, 1.807) is 13.1 Å². The highest BCUT2D eigenvalue weighted by atomic mass is 16.3. The number of rotatable bonds is 13. The summed E-state index contributed by atoms with van der Waals surface area (Å²) in [4.78, 5) is 11.3. The molecule has 0 amide bonds. The molecule has 3 heteroatoms. The number of unbranched alkanes of at least 4 members (excludes halogenated alkanes) is 11. The second kappa shape index (κ2) is 12.2. The molecule has 0 radical (unpaired) electrons. The zero-order chi connectivity index (χ0) is 16.9. The van der Waals surface area contributed by atoms with Gasteiger partial charge >= 0.3 is 0 Å². The quantitative estimate of drug-likeness (QED) is 0.483. The molecule has 1 aromatic heterocycles. The maximum atomic E-state index is 11.3. The molecule has 0 aliphatic heterocycles. The molecule has 0 bridgehead atoms. The van der Waals surface area contributed by atoms with Crippen LogP contribution in [-0.4, -0.2) is 9.67 Å². The van der Waals surface area contributed by atoms with Crippen LogP contribution in [0, 0.1) is 6.92 Å². The summed E-state index contributed by atoms with van der Waals surface area (Å²) < 4.78 is 1.98. The number of aryl methyl sites for hydroxylation is 1. The average Bonchev–Trinajstić information content (AvgIpc) is 2.55. The minimum absolute atomic E-state index is 0.105. The van der Waals surface area contributed by atoms with E-state index in [0.29, 0.717) is 5.69 Å². The first kappa shape index (κ1) is 19.8. The molecule has 0 aromatic carbocycles. The van der Waals surface area contributed by atoms with Gasteiger partial charge in [0.05, 0.1) is 5.69 Å². The summed E-state index contributed by atoms with van der Waals surface area (Å²) in [5, 5.41) is 9.65. The van der Waals surface area contributed by atoms with E-state index in [-0.39, 0.29) is 11.2 Å². The zero-order valence-electron chi connectivity index (χ0n) is 15.1. The molecule has 1 heterocycles. The molecule has 0 saturated carbocycles. The van der Waals surface area contributed by atoms with Gasteiger partial charge in [0.2, 0.25) is 5.43 Å². The molecule has 1 rings (SSSR count). The van der Waals surface area contributed by atoms with Crippen molar-refractivity contribution in [3.8, 4) is 5.75 Å². The lowest BCUT2D eigenvalue weighted by molar-refractivity contribution is 0.449. The molecular formula is C20H35NO2. The number of hydrogen-bond acceptors (Lipinski definition) is 2. The smallest absolute Gasteiger partial charge is 0.223 e. The summed E-state index contributed by atoms with van der Waals surface area (Å²) in [6.45, 7) is 4.95. The van der Waals surface area contributed by atoms with Crippen LogP contribution < -0.4 is 5.43 Å². The van der Waals surface area contributed by atoms with E-state index in [4.69, 9.17) is 0 Å². The lowest BCUT2D eigenvalue weighted by atomic mass is 10.1. The lowest BCUT2D eigenvalue weighted by Gasteiger charge is -2.11. The molecule has 0 saturated heterocycles. The Kier molecular flexibility index (Phi) is 10.5. The molecular weight excluding hydrogens is 286 g/mol. The monoisotopic (exact) mass is 321 g/mol. The Morgan fingerprint density at radius 2 is 1.35 bits per heavy atom. The van der Waals surface area contributed by atoms with Gasteiger partial charge in [-0.25, -0.2) is 0 Å². The Morgan fingerprint density at radius 3 is 1.87 bits per heavy atom. The van der Waals surface area contributed by atoms with Crippen molar-refractivity contribution in [2.75, 3.05) is 0 Å². The van der Waals surface area contributed by atoms with Crippen LogP contribution in [0.25, 0.3) is 0 Å². The molecule has 0 atom stereocenters. The number of nitrogens with zero attached hydrogens (tertiary/aromatic N) is 1. The van der Waals surface area contributed by atoms with Crippen LogP contribution in [0.4, 0.5) is 0 Å². The van der Waals surface area contributed by atoms with Crippen LogP contribution in [0.5, 0.6) is 5.75 Å². The lowest BCUT2D eigenvalue weighted by Crippen LogP contribution is -2.10. The van der Waals surface area contributed by atoms with Crippen molar-refractivity contribution in [1.29, 1.82) is 0 Å². The SMILES string of the molecule is CCCCCCCCCCCCCCn1ccc(=O)c(O)c1C. The van der Waals surface area contributed by atoms with Crippen LogP contribution in [0.3, 0.4) is 0 Å². The standard InChI is InChI=1S/C20H35NO2/c1-3-4-5-6-7-8-9-10-11-12-13-14-16-21-17-15-19(22)20(23)18(21)2/h15,17,23H,3-14,16H2,1-2H3. The fraction of sp³-hybridized carbons (Fsp3) is 0.750. The van der Waals surface area contributed by atoms with Gasteiger partial charge in [-0.3, -0.25) is 4.79 Å². The Balaban J connectivity index is 1.98. The average molecular weight is 322 g/mol. The third-order valence-corrected chi connectivity index (χ3v) is 4.67. The van der Waals surface area contributed by atoms with Gasteiger partial charge in [0.15, 0.2) is 5.75 Å². The number of pyridine rings is 1. The number of aromatic hydroxyl groups is 1. The van der Waals surface area contributed by atoms with Crippen LogP contribution in [-0.2, 0) is 6.54 Å². The van der Waals surface area contributed by atoms with Crippen molar-refractivity contribution in [2.24, 2.45) is 0 Å². The van der Waals surface area contributed by atoms with Gasteiger partial charge in [-0.15, -0.1) is 0 Å². The zero-order valence-corrected chi connectivity index (χ0v) is 15.1. The van der Waals surface area contributed by atoms with E-state index in [1.807, 2.05) is 4.57 Å². The molecule has 0 aliphatic rings. The van der Waals surface area contributed by atoms with Crippen molar-refractivity contribution < 1.29 is 5.11 Å². The Hall–Kier alpha value is -1.25. The van der Waals surface area contributed by atoms with E-state index in [9.17, 15) is 9.90 Å². The van der Waals surface area contributed by atoms with Gasteiger partial charge in [0, 0.05) is 18.8 Å². The van der Waals surface area contributed by atoms with E-state index >= 15 is 0 Å². The highest BCUT2D eigenvalue weighted by Crippen LogP contribution is 2.13. The van der Waals surface area contributed by atoms with Crippen LogP contribution in [0.15, 0.2) is 17.1 Å². The molecule has 1 aromatic rings. The molecule has 23 heavy (non-hydrogen) atoms. The van der Waals surface area contributed by atoms with Crippen molar-refractivity contribution >= 4 is 0 Å². The maximum absolute atomic E-state index is 11.3. The largest absolute Gasteiger partial charge is 0.503 e. The Bertz CT molecular complexity index is 479. The normalized spacial score (nSPS) is 11.0. The van der Waals surface area contributed by atoms with Gasteiger partial charge in [-0.05, 0) is 13.3 Å². The second-order valence-electron chi connectivity index (χ2n) is 6.70. The van der Waals surface area contributed by atoms with Crippen molar-refractivity contribution in [3.05, 3.63) is 28.2 Å². The molecule has 1 N–H and O–H groups in total. The summed E-state index contributed by atoms with van der Waals surface area (Å²) in [7, 11) is 0. The second-order valence-corrected chi connectivity index (χ2v) is 6.70. The van der Waals surface area contributed by atoms with Gasteiger partial charge in [-0.2, -0.15) is 0 Å². The summed E-state index contributed by atoms with van der Waals surface area (Å²) in [6, 6.07) is 1.45. The third-order valence-electron chi connectivity index (χ3n) is 4.67. The van der Waals surface area contributed by atoms with Gasteiger partial charge < -0.3 is 9.67 Å². The van der Waals surface area contributed by atoms with E-state index in [0.717, 1.165) is 13.0 Å². The van der Waals surface area contributed by atoms with Crippen molar-refractivity contribution in [3.63, 3.8) is 0 Å². The summed E-state index contributed by atoms with van der Waals surface area (Å²) in [5.41, 5.74) is 0.397. The van der Waals surface area contributed by atoms with Gasteiger partial charge in [0.25, 0.3) is 0 Å². The molecule has 0 fully saturated rings. The first-order chi connectivity index (χ1) is 11.2. The molecule has 0 unspecified atom stereocenters. The number of hydrogen-bond donors (Lipinski definition) is 1. The van der Waals surface area contributed by atoms with E-state index in [1.165, 1.54) is 76.7 Å². The summed E-state index contributed by atoms with van der Waals surface area (Å²) in [5.74, 6) is -0.105. The van der Waals surface area contributed by atoms with E-state index in [2.05, 4.69) is 6.92 Å². The molecule has 3 nitrogen and oxygen atoms in total. The predicted octanol–water partition coefficient (Wildman–Crippen LogP) is 5.56. The maximum Gasteiger partial charge on any atom is 0.223 e. The highest BCUT2D eigenvalue weighted by molar-refractivity contribution is 5.25. The minimum Gasteiger partial charge on any atom is -0.503 e. The fourth-order valence-electron chi connectivity index (χ4n) is 3.03. The summed E-state index contributed by atoms with van der Waals surface area (Å²) >= 11 is 0. The predicted molar refractivity (Wildman–Crippen MR) is 98.2 cm³/mol. The third kappa shape index (κ3) is 8.24. The van der Waals surface area contributed by atoms with Crippen LogP contribution in [0.2, 0.25) is 0 Å². The highest BCUT2D eigenvalue weighted by Gasteiger charge is 2.04. The number of aromatic nitrogens is 1. The van der Waals surface area contributed by atoms with Crippen molar-refractivity contribution in [1.82, 2.24) is 4.57 Å². The molecule has 0 spiro atoms. The topological polar surface area (TPSA) is 42.2 Å². The Morgan fingerprint density at radius 1 is 0.870 bits per heavy atom. The first-order valence-electron chi connectivity index (χ1n) is 9.55. The fourth-order valence-corrected chi connectivity index (χ4v) is 3.03. The minimum atomic E-state index is -0.284. The van der Waals surface area contributed by atoms with Gasteiger partial charge in [0.1, 0.15) is 0 Å². The van der Waals surface area contributed by atoms with Crippen LogP contribution in [0.1, 0.15) is 89.7 Å². The summed E-state index contributed by atoms with van der Waals surface area (Å²) in [6.07, 6.45) is 17.9. The van der Waals surface area contributed by atoms with Crippen LogP contribution >= 0.6 is 0 Å². The molecule has 0 aliphatic carbocycles. The van der Waals surface area contributed by atoms with Crippen molar-refractivity contribution in [2.45, 2.75) is 97.4 Å². The van der Waals surface area contributed by atoms with E-state index < -0.39 is 0 Å².